The molecular weight excluding hydrogens is 383 g/mol. The first kappa shape index (κ1) is 16.5. The summed E-state index contributed by atoms with van der Waals surface area (Å²) in [4.78, 5) is 12.4. The molecule has 1 saturated heterocycles. The van der Waals surface area contributed by atoms with Crippen molar-refractivity contribution in [2.24, 2.45) is 0 Å². The fourth-order valence-corrected chi connectivity index (χ4v) is 3.58. The van der Waals surface area contributed by atoms with E-state index in [1.165, 1.54) is 0 Å². The van der Waals surface area contributed by atoms with E-state index in [1.54, 1.807) is 6.07 Å². The van der Waals surface area contributed by atoms with Gasteiger partial charge in [-0.1, -0.05) is 35.0 Å². The van der Waals surface area contributed by atoms with Crippen LogP contribution in [0.1, 0.15) is 6.92 Å². The average Bonchev–Trinajstić information content (AvgIpc) is 3.04. The Morgan fingerprint density at radius 1 is 1.12 bits per heavy atom. The van der Waals surface area contributed by atoms with Crippen LogP contribution in [0.4, 0.5) is 10.1 Å². The number of fused-ring (bicyclic) bond motifs is 1. The Kier molecular flexibility index (Phi) is 4.48. The van der Waals surface area contributed by atoms with Crippen molar-refractivity contribution in [3.63, 3.8) is 0 Å². The molecule has 0 amide bonds. The van der Waals surface area contributed by atoms with Crippen molar-refractivity contribution < 1.29 is 4.39 Å². The summed E-state index contributed by atoms with van der Waals surface area (Å²) < 4.78 is 15.7. The maximum Gasteiger partial charge on any atom is 0.148 e. The Hall–Kier alpha value is -1.92. The number of aromatic nitrogens is 2. The quantitative estimate of drug-likeness (QED) is 0.710. The molecule has 0 aliphatic carbocycles. The van der Waals surface area contributed by atoms with Crippen LogP contribution in [0.5, 0.6) is 0 Å². The molecule has 0 radical (unpaired) electrons. The number of nitrogens with one attached hydrogen (secondary N) is 1. The van der Waals surface area contributed by atoms with E-state index in [2.05, 4.69) is 42.6 Å². The minimum absolute atomic E-state index is 0.191. The molecule has 4 nitrogen and oxygen atoms in total. The molecule has 1 aliphatic rings. The number of hydrogen-bond donors (Lipinski definition) is 1. The number of rotatable bonds is 3. The lowest BCUT2D eigenvalue weighted by Crippen LogP contribution is -2.46. The maximum absolute atomic E-state index is 14.6. The van der Waals surface area contributed by atoms with Gasteiger partial charge in [-0.15, -0.1) is 0 Å². The van der Waals surface area contributed by atoms with Crippen molar-refractivity contribution >= 4 is 32.7 Å². The van der Waals surface area contributed by atoms with E-state index >= 15 is 0 Å². The van der Waals surface area contributed by atoms with Crippen LogP contribution in [0.2, 0.25) is 0 Å². The molecule has 1 N–H and O–H groups in total. The molecule has 0 bridgehead atoms. The van der Waals surface area contributed by atoms with E-state index < -0.39 is 0 Å². The van der Waals surface area contributed by atoms with E-state index in [9.17, 15) is 4.39 Å². The summed E-state index contributed by atoms with van der Waals surface area (Å²) in [5.41, 5.74) is 3.16. The topological polar surface area (TPSA) is 35.2 Å². The highest BCUT2D eigenvalue weighted by Gasteiger charge is 2.20. The van der Waals surface area contributed by atoms with Gasteiger partial charge in [0, 0.05) is 42.3 Å². The smallest absolute Gasteiger partial charge is 0.148 e. The number of piperazine rings is 1. The summed E-state index contributed by atoms with van der Waals surface area (Å²) in [6, 6.07) is 11.4. The third-order valence-corrected chi connectivity index (χ3v) is 5.36. The molecule has 4 rings (SSSR count). The first-order valence-electron chi connectivity index (χ1n) is 8.56. The summed E-state index contributed by atoms with van der Waals surface area (Å²) in [5, 5.41) is 0. The molecule has 2 aromatic carbocycles. The average molecular weight is 403 g/mol. The van der Waals surface area contributed by atoms with Gasteiger partial charge in [0.15, 0.2) is 0 Å². The van der Waals surface area contributed by atoms with Crippen LogP contribution in [0.3, 0.4) is 0 Å². The molecule has 0 saturated carbocycles. The Balaban J connectivity index is 1.66. The summed E-state index contributed by atoms with van der Waals surface area (Å²) >= 11 is 3.44. The lowest BCUT2D eigenvalue weighted by atomic mass is 10.2. The number of halogens is 2. The predicted molar refractivity (Wildman–Crippen MR) is 104 cm³/mol. The van der Waals surface area contributed by atoms with Gasteiger partial charge < -0.3 is 14.8 Å². The first-order chi connectivity index (χ1) is 12.1. The number of H-pyrrole nitrogens is 1. The van der Waals surface area contributed by atoms with Crippen molar-refractivity contribution in [3.05, 3.63) is 46.7 Å². The fraction of sp³-hybridized carbons (Fsp3) is 0.316. The van der Waals surface area contributed by atoms with Gasteiger partial charge in [0.2, 0.25) is 0 Å². The number of benzene rings is 2. The van der Waals surface area contributed by atoms with Crippen LogP contribution in [0.15, 0.2) is 40.9 Å². The molecule has 1 fully saturated rings. The maximum atomic E-state index is 14.6. The van der Waals surface area contributed by atoms with Gasteiger partial charge in [-0.05, 0) is 24.7 Å². The minimum Gasteiger partial charge on any atom is -0.367 e. The van der Waals surface area contributed by atoms with Crippen molar-refractivity contribution in [1.29, 1.82) is 0 Å². The summed E-state index contributed by atoms with van der Waals surface area (Å²) in [5.74, 6) is 0.568. The Morgan fingerprint density at radius 3 is 2.52 bits per heavy atom. The number of hydrogen-bond acceptors (Lipinski definition) is 3. The lowest BCUT2D eigenvalue weighted by molar-refractivity contribution is 0.270. The highest BCUT2D eigenvalue weighted by molar-refractivity contribution is 9.10. The van der Waals surface area contributed by atoms with Crippen molar-refractivity contribution in [2.45, 2.75) is 6.92 Å². The third-order valence-electron chi connectivity index (χ3n) is 4.83. The van der Waals surface area contributed by atoms with E-state index in [4.69, 9.17) is 0 Å². The monoisotopic (exact) mass is 402 g/mol. The summed E-state index contributed by atoms with van der Waals surface area (Å²) in [7, 11) is 0. The number of imidazole rings is 1. The Bertz CT molecular complexity index is 882. The van der Waals surface area contributed by atoms with Gasteiger partial charge in [-0.25, -0.2) is 9.37 Å². The van der Waals surface area contributed by atoms with Crippen LogP contribution in [0.25, 0.3) is 22.4 Å². The summed E-state index contributed by atoms with van der Waals surface area (Å²) in [6.07, 6.45) is 0. The van der Waals surface area contributed by atoms with Gasteiger partial charge in [-0.2, -0.15) is 0 Å². The second kappa shape index (κ2) is 6.77. The Morgan fingerprint density at radius 2 is 1.84 bits per heavy atom. The molecule has 6 heteroatoms. The number of anilines is 1. The van der Waals surface area contributed by atoms with Crippen LogP contribution in [-0.2, 0) is 0 Å². The SMILES string of the molecule is CCN1CCN(c2cc3nc(-c4ccc(Br)cc4)[nH]c3cc2F)CC1. The molecule has 1 aliphatic heterocycles. The van der Waals surface area contributed by atoms with Crippen LogP contribution in [0, 0.1) is 5.82 Å². The molecule has 2 heterocycles. The van der Waals surface area contributed by atoms with Gasteiger partial charge in [0.05, 0.1) is 16.7 Å². The van der Waals surface area contributed by atoms with Crippen LogP contribution < -0.4 is 4.90 Å². The molecule has 0 spiro atoms. The number of nitrogens with zero attached hydrogens (tertiary/aromatic N) is 3. The van der Waals surface area contributed by atoms with E-state index in [-0.39, 0.29) is 5.82 Å². The Labute approximate surface area is 154 Å². The van der Waals surface area contributed by atoms with Crippen molar-refractivity contribution in [2.75, 3.05) is 37.6 Å². The van der Waals surface area contributed by atoms with E-state index in [0.29, 0.717) is 5.69 Å². The second-order valence-corrected chi connectivity index (χ2v) is 7.25. The fourth-order valence-electron chi connectivity index (χ4n) is 3.31. The van der Waals surface area contributed by atoms with Crippen LogP contribution in [-0.4, -0.2) is 47.6 Å². The van der Waals surface area contributed by atoms with Gasteiger partial charge in [0.25, 0.3) is 0 Å². The van der Waals surface area contributed by atoms with E-state index in [0.717, 1.165) is 59.6 Å². The van der Waals surface area contributed by atoms with Gasteiger partial charge in [-0.3, -0.25) is 0 Å². The zero-order chi connectivity index (χ0) is 17.4. The standard InChI is InChI=1S/C19H20BrFN4/c1-2-24-7-9-25(10-8-24)18-12-17-16(11-15(18)21)22-19(23-17)13-3-5-14(20)6-4-13/h3-6,11-12H,2,7-10H2,1H3,(H,22,23). The number of aromatic amines is 1. The largest absolute Gasteiger partial charge is 0.367 e. The van der Waals surface area contributed by atoms with Crippen LogP contribution >= 0.6 is 15.9 Å². The second-order valence-electron chi connectivity index (χ2n) is 6.33. The third kappa shape index (κ3) is 3.28. The molecule has 25 heavy (non-hydrogen) atoms. The highest BCUT2D eigenvalue weighted by Crippen LogP contribution is 2.28. The lowest BCUT2D eigenvalue weighted by Gasteiger charge is -2.35. The minimum atomic E-state index is -0.191. The van der Waals surface area contributed by atoms with Gasteiger partial charge in [0.1, 0.15) is 11.6 Å². The predicted octanol–water partition coefficient (Wildman–Crippen LogP) is 4.27. The molecule has 3 aromatic rings. The summed E-state index contributed by atoms with van der Waals surface area (Å²) in [6.45, 7) is 6.85. The zero-order valence-electron chi connectivity index (χ0n) is 14.1. The number of likely N-dealkylation sites (N-methyl/N-ethyl adjacent to an activating group) is 1. The van der Waals surface area contributed by atoms with Crippen molar-refractivity contribution in [1.82, 2.24) is 14.9 Å². The normalized spacial score (nSPS) is 15.9. The van der Waals surface area contributed by atoms with Gasteiger partial charge >= 0.3 is 0 Å². The van der Waals surface area contributed by atoms with E-state index in [1.807, 2.05) is 30.3 Å². The first-order valence-corrected chi connectivity index (χ1v) is 9.36. The molecule has 1 aromatic heterocycles. The molecule has 130 valence electrons. The highest BCUT2D eigenvalue weighted by atomic mass is 79.9. The molecular formula is C19H20BrFN4. The molecule has 0 atom stereocenters. The molecule has 0 unspecified atom stereocenters. The van der Waals surface area contributed by atoms with Crippen molar-refractivity contribution in [3.8, 4) is 11.4 Å². The zero-order valence-corrected chi connectivity index (χ0v) is 15.7.